The topological polar surface area (TPSA) is 107 Å². The van der Waals surface area contributed by atoms with Gasteiger partial charge in [0.15, 0.2) is 16.1 Å². The largest absolute Gasteiger partial charge is 0.390 e. The van der Waals surface area contributed by atoms with Crippen LogP contribution in [0.1, 0.15) is 46.5 Å². The molecule has 0 amide bonds. The van der Waals surface area contributed by atoms with Crippen LogP contribution in [-0.2, 0) is 14.6 Å². The number of aliphatic hydroxyl groups is 3. The van der Waals surface area contributed by atoms with Crippen LogP contribution in [-0.4, -0.2) is 84.9 Å². The lowest BCUT2D eigenvalue weighted by Gasteiger charge is -2.40. The van der Waals surface area contributed by atoms with Crippen molar-refractivity contribution in [1.29, 1.82) is 0 Å². The van der Waals surface area contributed by atoms with E-state index in [1.165, 1.54) is 0 Å². The first-order valence-corrected chi connectivity index (χ1v) is 11.5. The lowest BCUT2D eigenvalue weighted by Crippen LogP contribution is -2.54. The third-order valence-electron chi connectivity index (χ3n) is 5.12. The maximum Gasteiger partial charge on any atom is 0.160 e. The lowest BCUT2D eigenvalue weighted by atomic mass is 9.87. The van der Waals surface area contributed by atoms with Gasteiger partial charge in [-0.15, -0.1) is 0 Å². The van der Waals surface area contributed by atoms with Crippen molar-refractivity contribution in [1.82, 2.24) is 4.90 Å². The Morgan fingerprint density at radius 3 is 2.31 bits per heavy atom. The van der Waals surface area contributed by atoms with E-state index in [9.17, 15) is 23.7 Å². The van der Waals surface area contributed by atoms with Gasteiger partial charge in [-0.3, -0.25) is 0 Å². The van der Waals surface area contributed by atoms with Gasteiger partial charge in [-0.05, 0) is 45.2 Å². The Bertz CT molecular complexity index is 498. The molecule has 1 saturated heterocycles. The minimum atomic E-state index is -3.19. The summed E-state index contributed by atoms with van der Waals surface area (Å²) in [4.78, 5) is 2.03. The van der Waals surface area contributed by atoms with Crippen LogP contribution in [0.4, 0.5) is 0 Å². The summed E-state index contributed by atoms with van der Waals surface area (Å²) < 4.78 is 29.7. The van der Waals surface area contributed by atoms with Crippen LogP contribution in [0.15, 0.2) is 0 Å². The van der Waals surface area contributed by atoms with Crippen LogP contribution in [0.25, 0.3) is 0 Å². The number of hydrogen-bond acceptors (Lipinski definition) is 7. The normalized spacial score (nSPS) is 30.3. The zero-order chi connectivity index (χ0) is 19.9. The van der Waals surface area contributed by atoms with Crippen LogP contribution >= 0.6 is 0 Å². The van der Waals surface area contributed by atoms with Gasteiger partial charge in [0.1, 0.15) is 6.10 Å². The highest BCUT2D eigenvalue weighted by atomic mass is 32.2. The van der Waals surface area contributed by atoms with E-state index >= 15 is 0 Å². The van der Waals surface area contributed by atoms with Crippen molar-refractivity contribution in [2.75, 3.05) is 31.6 Å². The van der Waals surface area contributed by atoms with Gasteiger partial charge >= 0.3 is 0 Å². The molecule has 7 nitrogen and oxygen atoms in total. The van der Waals surface area contributed by atoms with E-state index in [1.54, 1.807) is 6.92 Å². The van der Waals surface area contributed by atoms with Crippen LogP contribution in [0, 0.1) is 11.8 Å². The minimum Gasteiger partial charge on any atom is -0.390 e. The molecule has 3 N–H and O–H groups in total. The summed E-state index contributed by atoms with van der Waals surface area (Å²) in [6, 6.07) is 0. The van der Waals surface area contributed by atoms with Gasteiger partial charge in [0.2, 0.25) is 0 Å². The van der Waals surface area contributed by atoms with Crippen LogP contribution in [0.2, 0.25) is 0 Å². The average Bonchev–Trinajstić information content (AvgIpc) is 2.57. The number of ether oxygens (including phenoxy) is 1. The van der Waals surface area contributed by atoms with Gasteiger partial charge in [-0.25, -0.2) is 8.42 Å². The molecule has 0 radical (unpaired) electrons. The lowest BCUT2D eigenvalue weighted by molar-refractivity contribution is -0.265. The quantitative estimate of drug-likeness (QED) is 0.471. The molecule has 8 heteroatoms. The summed E-state index contributed by atoms with van der Waals surface area (Å²) in [6.07, 6.45) is -1.80. The van der Waals surface area contributed by atoms with E-state index < -0.39 is 40.4 Å². The maximum atomic E-state index is 12.2. The van der Waals surface area contributed by atoms with E-state index in [4.69, 9.17) is 4.74 Å². The zero-order valence-electron chi connectivity index (χ0n) is 16.5. The minimum absolute atomic E-state index is 0.00820. The Morgan fingerprint density at radius 2 is 1.73 bits per heavy atom. The van der Waals surface area contributed by atoms with Crippen molar-refractivity contribution in [2.45, 2.75) is 71.1 Å². The van der Waals surface area contributed by atoms with Crippen molar-refractivity contribution in [3.8, 4) is 0 Å². The zero-order valence-corrected chi connectivity index (χ0v) is 17.4. The van der Waals surface area contributed by atoms with E-state index in [1.807, 2.05) is 11.9 Å². The highest BCUT2D eigenvalue weighted by molar-refractivity contribution is 7.91. The molecular formula is C18H37NO6S. The molecule has 0 aromatic carbocycles. The van der Waals surface area contributed by atoms with Gasteiger partial charge in [-0.2, -0.15) is 0 Å². The van der Waals surface area contributed by atoms with E-state index in [0.29, 0.717) is 25.3 Å². The van der Waals surface area contributed by atoms with Crippen molar-refractivity contribution in [3.63, 3.8) is 0 Å². The highest BCUT2D eigenvalue weighted by Gasteiger charge is 2.42. The van der Waals surface area contributed by atoms with Crippen molar-refractivity contribution in [3.05, 3.63) is 0 Å². The molecule has 0 spiro atoms. The van der Waals surface area contributed by atoms with Gasteiger partial charge < -0.3 is 25.0 Å². The third kappa shape index (κ3) is 7.78. The smallest absolute Gasteiger partial charge is 0.160 e. The number of aliphatic hydroxyl groups excluding tert-OH is 3. The molecule has 0 saturated carbocycles. The first-order valence-electron chi connectivity index (χ1n) is 9.66. The van der Waals surface area contributed by atoms with Gasteiger partial charge in [0, 0.05) is 12.5 Å². The number of nitrogens with zero attached hydrogens (tertiary/aromatic N) is 1. The Kier molecular flexibility index (Phi) is 9.99. The molecule has 0 aromatic heterocycles. The predicted molar refractivity (Wildman–Crippen MR) is 102 cm³/mol. The molecule has 0 aliphatic carbocycles. The van der Waals surface area contributed by atoms with Crippen molar-refractivity contribution in [2.24, 2.45) is 11.8 Å². The van der Waals surface area contributed by atoms with Gasteiger partial charge in [0.05, 0.1) is 23.7 Å². The summed E-state index contributed by atoms with van der Waals surface area (Å²) in [5.74, 6) is 0.0341. The fraction of sp³-hybridized carbons (Fsp3) is 1.00. The predicted octanol–water partition coefficient (Wildman–Crippen LogP) is 0.625. The van der Waals surface area contributed by atoms with Gasteiger partial charge in [0.25, 0.3) is 0 Å². The fourth-order valence-electron chi connectivity index (χ4n) is 3.18. The second-order valence-electron chi connectivity index (χ2n) is 7.90. The third-order valence-corrected chi connectivity index (χ3v) is 6.83. The molecule has 1 rings (SSSR count). The summed E-state index contributed by atoms with van der Waals surface area (Å²) in [5, 5.41) is 30.2. The standard InChI is InChI=1S/C18H37NO6S/c1-5-15-17(21)16(20)14(18(22)25-15)7-6-11-26(23,24)12-10-19(4)9-8-13(2)3/h13-18,20-22H,5-12H2,1-4H3. The molecule has 0 aromatic rings. The first-order chi connectivity index (χ1) is 12.1. The second-order valence-corrected chi connectivity index (χ2v) is 10.2. The van der Waals surface area contributed by atoms with E-state index in [-0.39, 0.29) is 17.9 Å². The molecule has 156 valence electrons. The first kappa shape index (κ1) is 23.8. The average molecular weight is 396 g/mol. The maximum absolute atomic E-state index is 12.2. The van der Waals surface area contributed by atoms with Gasteiger partial charge in [-0.1, -0.05) is 20.8 Å². The second kappa shape index (κ2) is 10.9. The number of hydrogen-bond donors (Lipinski definition) is 3. The molecule has 1 heterocycles. The number of sulfone groups is 1. The Balaban J connectivity index is 2.38. The van der Waals surface area contributed by atoms with Crippen molar-refractivity contribution < 1.29 is 28.5 Å². The molecule has 1 aliphatic heterocycles. The Morgan fingerprint density at radius 1 is 1.08 bits per heavy atom. The van der Waals surface area contributed by atoms with Crippen molar-refractivity contribution >= 4 is 9.84 Å². The molecule has 26 heavy (non-hydrogen) atoms. The van der Waals surface area contributed by atoms with E-state index in [2.05, 4.69) is 13.8 Å². The monoisotopic (exact) mass is 395 g/mol. The Labute approximate surface area is 158 Å². The van der Waals surface area contributed by atoms with Crippen LogP contribution in [0.5, 0.6) is 0 Å². The van der Waals surface area contributed by atoms with Crippen LogP contribution in [0.3, 0.4) is 0 Å². The van der Waals surface area contributed by atoms with Crippen LogP contribution < -0.4 is 0 Å². The molecule has 1 aliphatic rings. The fourth-order valence-corrected chi connectivity index (χ4v) is 4.58. The number of rotatable bonds is 11. The summed E-state index contributed by atoms with van der Waals surface area (Å²) in [5.41, 5.74) is 0. The summed E-state index contributed by atoms with van der Waals surface area (Å²) >= 11 is 0. The SMILES string of the molecule is CCC1OC(O)C(CCCS(=O)(=O)CCN(C)CCC(C)C)C(O)C1O. The summed E-state index contributed by atoms with van der Waals surface area (Å²) in [6.45, 7) is 7.47. The van der Waals surface area contributed by atoms with E-state index in [0.717, 1.165) is 13.0 Å². The highest BCUT2D eigenvalue weighted by Crippen LogP contribution is 2.29. The molecule has 1 fully saturated rings. The Hall–Kier alpha value is -0.250. The summed E-state index contributed by atoms with van der Waals surface area (Å²) in [7, 11) is -1.26. The molecule has 5 unspecified atom stereocenters. The molecule has 5 atom stereocenters. The molecular weight excluding hydrogens is 358 g/mol. The molecule has 0 bridgehead atoms.